The van der Waals surface area contributed by atoms with Crippen LogP contribution in [-0.2, 0) is 4.74 Å². The fraction of sp³-hybridized carbons (Fsp3) is 0.200. The summed E-state index contributed by atoms with van der Waals surface area (Å²) >= 11 is 3.03. The maximum atomic E-state index is 5.77. The Kier molecular flexibility index (Phi) is 5.31. The lowest BCUT2D eigenvalue weighted by Crippen LogP contribution is -2.05. The predicted molar refractivity (Wildman–Crippen MR) is 110 cm³/mol. The highest BCUT2D eigenvalue weighted by Gasteiger charge is 2.16. The SMILES string of the molecule is COCCOc1cc2ncnc(-c3c[nH]c4ccc(OBr)cc34)c2cc1OC. The normalized spacial score (nSPS) is 11.1. The van der Waals surface area contributed by atoms with E-state index in [1.807, 2.05) is 36.5 Å². The van der Waals surface area contributed by atoms with Gasteiger partial charge in [0, 0.05) is 41.2 Å². The van der Waals surface area contributed by atoms with Crippen LogP contribution < -0.4 is 13.3 Å². The number of methoxy groups -OCH3 is 2. The van der Waals surface area contributed by atoms with Crippen molar-refractivity contribution in [1.29, 1.82) is 0 Å². The molecule has 4 rings (SSSR count). The van der Waals surface area contributed by atoms with E-state index < -0.39 is 0 Å². The third kappa shape index (κ3) is 3.36. The van der Waals surface area contributed by atoms with E-state index in [-0.39, 0.29) is 0 Å². The van der Waals surface area contributed by atoms with Crippen molar-refractivity contribution in [2.75, 3.05) is 27.4 Å². The minimum absolute atomic E-state index is 0.425. The maximum absolute atomic E-state index is 5.77. The monoisotopic (exact) mass is 443 g/mol. The first-order valence-corrected chi connectivity index (χ1v) is 9.24. The lowest BCUT2D eigenvalue weighted by molar-refractivity contribution is 0.144. The van der Waals surface area contributed by atoms with Gasteiger partial charge in [0.05, 0.1) is 24.9 Å². The highest BCUT2D eigenvalue weighted by atomic mass is 79.9. The van der Waals surface area contributed by atoms with Crippen molar-refractivity contribution >= 4 is 38.1 Å². The first-order chi connectivity index (χ1) is 13.7. The van der Waals surface area contributed by atoms with Crippen molar-refractivity contribution < 1.29 is 18.0 Å². The molecule has 2 aromatic heterocycles. The van der Waals surface area contributed by atoms with E-state index in [0.29, 0.717) is 30.5 Å². The number of halogens is 1. The van der Waals surface area contributed by atoms with Crippen LogP contribution in [0.3, 0.4) is 0 Å². The Bertz CT molecular complexity index is 1130. The molecule has 2 heterocycles. The average molecular weight is 444 g/mol. The Morgan fingerprint density at radius 2 is 1.89 bits per heavy atom. The van der Waals surface area contributed by atoms with Crippen LogP contribution in [-0.4, -0.2) is 42.4 Å². The third-order valence-corrected chi connectivity index (χ3v) is 4.84. The van der Waals surface area contributed by atoms with E-state index in [0.717, 1.165) is 33.1 Å². The minimum atomic E-state index is 0.425. The van der Waals surface area contributed by atoms with Crippen LogP contribution in [0.5, 0.6) is 17.2 Å². The number of H-pyrrole nitrogens is 1. The summed E-state index contributed by atoms with van der Waals surface area (Å²) in [6, 6.07) is 9.54. The van der Waals surface area contributed by atoms with Crippen LogP contribution in [0.25, 0.3) is 33.1 Å². The van der Waals surface area contributed by atoms with Gasteiger partial charge in [-0.15, -0.1) is 0 Å². The molecular formula is C20H18BrN3O4. The van der Waals surface area contributed by atoms with E-state index in [1.165, 1.54) is 0 Å². The predicted octanol–water partition coefficient (Wildman–Crippen LogP) is 4.50. The summed E-state index contributed by atoms with van der Waals surface area (Å²) in [4.78, 5) is 12.2. The van der Waals surface area contributed by atoms with Crippen LogP contribution in [0.2, 0.25) is 0 Å². The molecule has 0 radical (unpaired) electrons. The molecule has 4 aromatic rings. The zero-order chi connectivity index (χ0) is 19.5. The van der Waals surface area contributed by atoms with E-state index in [2.05, 4.69) is 31.2 Å². The molecule has 0 spiro atoms. The quantitative estimate of drug-likeness (QED) is 0.423. The second-order valence-electron chi connectivity index (χ2n) is 6.07. The van der Waals surface area contributed by atoms with Gasteiger partial charge in [-0.1, -0.05) is 0 Å². The Morgan fingerprint density at radius 3 is 2.68 bits per heavy atom. The number of aromatic nitrogens is 3. The van der Waals surface area contributed by atoms with E-state index in [4.69, 9.17) is 18.0 Å². The molecule has 7 nitrogen and oxygen atoms in total. The van der Waals surface area contributed by atoms with Crippen LogP contribution in [0.4, 0.5) is 0 Å². The molecule has 0 amide bonds. The van der Waals surface area contributed by atoms with Gasteiger partial charge in [-0.3, -0.25) is 0 Å². The summed E-state index contributed by atoms with van der Waals surface area (Å²) in [6.45, 7) is 0.914. The number of fused-ring (bicyclic) bond motifs is 2. The second kappa shape index (κ2) is 8.04. The van der Waals surface area contributed by atoms with Crippen molar-refractivity contribution in [3.8, 4) is 28.5 Å². The average Bonchev–Trinajstić information content (AvgIpc) is 3.15. The molecule has 0 aliphatic carbocycles. The van der Waals surface area contributed by atoms with Gasteiger partial charge in [0.25, 0.3) is 0 Å². The number of ether oxygens (including phenoxy) is 3. The third-order valence-electron chi connectivity index (χ3n) is 4.46. The number of rotatable bonds is 7. The number of nitrogens with one attached hydrogen (secondary N) is 1. The lowest BCUT2D eigenvalue weighted by Gasteiger charge is -2.13. The maximum Gasteiger partial charge on any atom is 0.179 e. The van der Waals surface area contributed by atoms with Crippen molar-refractivity contribution in [3.63, 3.8) is 0 Å². The number of benzene rings is 2. The number of aromatic amines is 1. The van der Waals surface area contributed by atoms with Gasteiger partial charge in [0.15, 0.2) is 27.8 Å². The van der Waals surface area contributed by atoms with Gasteiger partial charge in [-0.25, -0.2) is 9.97 Å². The largest absolute Gasteiger partial charge is 0.493 e. The van der Waals surface area contributed by atoms with Gasteiger partial charge in [0.2, 0.25) is 0 Å². The molecule has 0 unspecified atom stereocenters. The van der Waals surface area contributed by atoms with Crippen molar-refractivity contribution in [1.82, 2.24) is 15.0 Å². The molecule has 0 fully saturated rings. The van der Waals surface area contributed by atoms with Gasteiger partial charge in [0.1, 0.15) is 18.7 Å². The molecule has 0 saturated carbocycles. The molecule has 0 aliphatic rings. The lowest BCUT2D eigenvalue weighted by atomic mass is 10.0. The Hall–Kier alpha value is -2.84. The van der Waals surface area contributed by atoms with Gasteiger partial charge < -0.3 is 23.0 Å². The van der Waals surface area contributed by atoms with Crippen LogP contribution in [0, 0.1) is 0 Å². The summed E-state index contributed by atoms with van der Waals surface area (Å²) in [6.07, 6.45) is 3.48. The van der Waals surface area contributed by atoms with E-state index >= 15 is 0 Å². The molecule has 8 heteroatoms. The zero-order valence-electron chi connectivity index (χ0n) is 15.4. The van der Waals surface area contributed by atoms with Crippen molar-refractivity contribution in [2.45, 2.75) is 0 Å². The van der Waals surface area contributed by atoms with Gasteiger partial charge in [-0.05, 0) is 24.3 Å². The van der Waals surface area contributed by atoms with E-state index in [1.54, 1.807) is 20.5 Å². The van der Waals surface area contributed by atoms with Crippen molar-refractivity contribution in [3.05, 3.63) is 42.9 Å². The highest BCUT2D eigenvalue weighted by molar-refractivity contribution is 9.06. The summed E-state index contributed by atoms with van der Waals surface area (Å²) < 4.78 is 21.5. The number of hydrogen-bond acceptors (Lipinski definition) is 6. The number of hydrogen-bond donors (Lipinski definition) is 1. The Labute approximate surface area is 170 Å². The van der Waals surface area contributed by atoms with Crippen LogP contribution >= 0.6 is 16.3 Å². The molecule has 0 atom stereocenters. The number of nitrogens with zero attached hydrogens (tertiary/aromatic N) is 2. The Balaban J connectivity index is 1.86. The first-order valence-electron chi connectivity index (χ1n) is 8.59. The molecule has 2 aromatic carbocycles. The summed E-state index contributed by atoms with van der Waals surface area (Å²) in [5.74, 6) is 1.94. The molecule has 1 N–H and O–H groups in total. The molecule has 0 aliphatic heterocycles. The smallest absolute Gasteiger partial charge is 0.179 e. The van der Waals surface area contributed by atoms with Crippen molar-refractivity contribution in [2.24, 2.45) is 0 Å². The zero-order valence-corrected chi connectivity index (χ0v) is 16.9. The summed E-state index contributed by atoms with van der Waals surface area (Å²) in [5, 5.41) is 1.86. The topological polar surface area (TPSA) is 78.5 Å². The molecule has 28 heavy (non-hydrogen) atoms. The Morgan fingerprint density at radius 1 is 1.00 bits per heavy atom. The summed E-state index contributed by atoms with van der Waals surface area (Å²) in [7, 11) is 3.24. The van der Waals surface area contributed by atoms with Crippen LogP contribution in [0.15, 0.2) is 42.9 Å². The summed E-state index contributed by atoms with van der Waals surface area (Å²) in [5.41, 5.74) is 3.50. The van der Waals surface area contributed by atoms with E-state index in [9.17, 15) is 0 Å². The fourth-order valence-corrected chi connectivity index (χ4v) is 3.33. The van der Waals surface area contributed by atoms with Crippen LogP contribution in [0.1, 0.15) is 0 Å². The van der Waals surface area contributed by atoms with Gasteiger partial charge >= 0.3 is 0 Å². The fourth-order valence-electron chi connectivity index (χ4n) is 3.13. The standard InChI is InChI=1S/C20H18BrN3O4/c1-25-5-6-27-19-9-17-14(8-18(19)26-2)20(24-11-23-17)15-10-22-16-4-3-12(28-21)7-13(15)16/h3-4,7-11,22H,5-6H2,1-2H3. The van der Waals surface area contributed by atoms with Gasteiger partial charge in [-0.2, -0.15) is 0 Å². The molecule has 144 valence electrons. The highest BCUT2D eigenvalue weighted by Crippen LogP contribution is 2.38. The second-order valence-corrected chi connectivity index (χ2v) is 6.39. The molecule has 0 saturated heterocycles. The first kappa shape index (κ1) is 18.5. The molecular weight excluding hydrogens is 426 g/mol. The minimum Gasteiger partial charge on any atom is -0.493 e. The molecule has 0 bridgehead atoms.